The van der Waals surface area contributed by atoms with Crippen LogP contribution in [0.3, 0.4) is 0 Å². The minimum atomic E-state index is -0.658. The van der Waals surface area contributed by atoms with Crippen molar-refractivity contribution in [2.75, 3.05) is 7.11 Å². The predicted octanol–water partition coefficient (Wildman–Crippen LogP) is 3.66. The molecule has 21 heavy (non-hydrogen) atoms. The van der Waals surface area contributed by atoms with Gasteiger partial charge in [-0.15, -0.1) is 0 Å². The number of rotatable bonds is 4. The van der Waals surface area contributed by atoms with Gasteiger partial charge in [-0.2, -0.15) is 0 Å². The second-order valence-corrected chi connectivity index (χ2v) is 6.13. The van der Waals surface area contributed by atoms with E-state index in [2.05, 4.69) is 15.9 Å². The van der Waals surface area contributed by atoms with Crippen LogP contribution in [0.1, 0.15) is 26.3 Å². The minimum Gasteiger partial charge on any atom is -0.493 e. The lowest BCUT2D eigenvalue weighted by Crippen LogP contribution is -2.25. The second-order valence-electron chi connectivity index (χ2n) is 5.27. The Morgan fingerprint density at radius 2 is 2.00 bits per heavy atom. The van der Waals surface area contributed by atoms with E-state index in [0.29, 0.717) is 15.8 Å². The smallest absolute Gasteiger partial charge is 0.316 e. The van der Waals surface area contributed by atoms with Gasteiger partial charge in [0, 0.05) is 6.08 Å². The molecule has 0 atom stereocenters. The van der Waals surface area contributed by atoms with Crippen LogP contribution in [-0.2, 0) is 4.79 Å². The number of ether oxygens (including phenoxy) is 2. The Kier molecular flexibility index (Phi) is 5.48. The zero-order chi connectivity index (χ0) is 16.2. The first-order valence-corrected chi connectivity index (χ1v) is 6.86. The van der Waals surface area contributed by atoms with Crippen molar-refractivity contribution < 1.29 is 19.2 Å². The van der Waals surface area contributed by atoms with Gasteiger partial charge >= 0.3 is 5.97 Å². The molecule has 0 aliphatic rings. The molecule has 1 aromatic carbocycles. The molecule has 0 saturated carbocycles. The summed E-state index contributed by atoms with van der Waals surface area (Å²) in [6.45, 7) is 5.22. The fraction of sp³-hybridized carbons (Fsp3) is 0.357. The van der Waals surface area contributed by atoms with Crippen LogP contribution >= 0.6 is 15.9 Å². The molecule has 0 spiro atoms. The van der Waals surface area contributed by atoms with Gasteiger partial charge in [0.2, 0.25) is 6.20 Å². The average molecular weight is 358 g/mol. The first-order valence-electron chi connectivity index (χ1n) is 6.06. The Morgan fingerprint density at radius 1 is 1.38 bits per heavy atom. The van der Waals surface area contributed by atoms with E-state index in [-0.39, 0.29) is 5.75 Å². The van der Waals surface area contributed by atoms with Crippen LogP contribution in [0.25, 0.3) is 6.08 Å². The molecule has 0 aliphatic carbocycles. The number of nitrogens with zero attached hydrogens (tertiary/aromatic N) is 1. The molecule has 0 saturated heterocycles. The molecule has 0 bridgehead atoms. The van der Waals surface area contributed by atoms with Crippen LogP contribution in [0.5, 0.6) is 11.5 Å². The van der Waals surface area contributed by atoms with Gasteiger partial charge in [0.1, 0.15) is 0 Å². The fourth-order valence-electron chi connectivity index (χ4n) is 1.33. The topological polar surface area (TPSA) is 78.7 Å². The number of nitro groups is 1. The van der Waals surface area contributed by atoms with Crippen molar-refractivity contribution in [2.45, 2.75) is 20.8 Å². The Balaban J connectivity index is 3.17. The Bertz CT molecular complexity index is 590. The number of carbonyl (C=O) groups is 1. The summed E-state index contributed by atoms with van der Waals surface area (Å²) in [4.78, 5) is 21.7. The molecule has 0 unspecified atom stereocenters. The third-order valence-corrected chi connectivity index (χ3v) is 3.04. The van der Waals surface area contributed by atoms with Gasteiger partial charge in [0.15, 0.2) is 11.5 Å². The first kappa shape index (κ1) is 17.2. The lowest BCUT2D eigenvalue weighted by molar-refractivity contribution is -0.400. The summed E-state index contributed by atoms with van der Waals surface area (Å²) < 4.78 is 11.0. The predicted molar refractivity (Wildman–Crippen MR) is 81.8 cm³/mol. The van der Waals surface area contributed by atoms with E-state index < -0.39 is 16.3 Å². The summed E-state index contributed by atoms with van der Waals surface area (Å²) in [5.41, 5.74) is -0.111. The molecular weight excluding hydrogens is 342 g/mol. The van der Waals surface area contributed by atoms with Crippen LogP contribution in [0.2, 0.25) is 0 Å². The van der Waals surface area contributed by atoms with E-state index in [0.717, 1.165) is 6.20 Å². The summed E-state index contributed by atoms with van der Waals surface area (Å²) in [5.74, 6) is 0.149. The summed E-state index contributed by atoms with van der Waals surface area (Å²) in [7, 11) is 1.43. The van der Waals surface area contributed by atoms with Gasteiger partial charge < -0.3 is 9.47 Å². The highest BCUT2D eigenvalue weighted by Crippen LogP contribution is 2.38. The van der Waals surface area contributed by atoms with Crippen LogP contribution in [0, 0.1) is 15.5 Å². The lowest BCUT2D eigenvalue weighted by atomic mass is 9.97. The highest BCUT2D eigenvalue weighted by Gasteiger charge is 2.26. The van der Waals surface area contributed by atoms with E-state index in [4.69, 9.17) is 9.47 Å². The third kappa shape index (κ3) is 4.86. The summed E-state index contributed by atoms with van der Waals surface area (Å²) in [6.07, 6.45) is 2.14. The van der Waals surface area contributed by atoms with Crippen molar-refractivity contribution in [1.82, 2.24) is 0 Å². The number of methoxy groups -OCH3 is 1. The Labute approximate surface area is 131 Å². The molecule has 114 valence electrons. The van der Waals surface area contributed by atoms with E-state index in [1.54, 1.807) is 32.9 Å². The molecule has 0 fully saturated rings. The maximum absolute atomic E-state index is 12.0. The van der Waals surface area contributed by atoms with Crippen molar-refractivity contribution in [3.8, 4) is 11.5 Å². The minimum absolute atomic E-state index is 0.246. The lowest BCUT2D eigenvalue weighted by Gasteiger charge is -2.18. The molecule has 0 aliphatic heterocycles. The van der Waals surface area contributed by atoms with E-state index in [1.807, 2.05) is 0 Å². The highest BCUT2D eigenvalue weighted by molar-refractivity contribution is 9.10. The second kappa shape index (κ2) is 6.71. The Hall–Kier alpha value is -1.89. The monoisotopic (exact) mass is 357 g/mol. The zero-order valence-electron chi connectivity index (χ0n) is 12.2. The van der Waals surface area contributed by atoms with Crippen LogP contribution < -0.4 is 9.47 Å². The van der Waals surface area contributed by atoms with Crippen LogP contribution in [0.4, 0.5) is 0 Å². The third-order valence-electron chi connectivity index (χ3n) is 2.45. The number of benzene rings is 1. The zero-order valence-corrected chi connectivity index (χ0v) is 13.8. The van der Waals surface area contributed by atoms with Gasteiger partial charge in [0.25, 0.3) is 0 Å². The molecule has 7 heteroatoms. The molecule has 0 N–H and O–H groups in total. The summed E-state index contributed by atoms with van der Waals surface area (Å²) >= 11 is 3.28. The van der Waals surface area contributed by atoms with Crippen molar-refractivity contribution in [3.05, 3.63) is 38.5 Å². The van der Waals surface area contributed by atoms with Crippen molar-refractivity contribution in [1.29, 1.82) is 0 Å². The van der Waals surface area contributed by atoms with Gasteiger partial charge in [-0.25, -0.2) is 0 Å². The fourth-order valence-corrected chi connectivity index (χ4v) is 1.87. The molecule has 0 amide bonds. The van der Waals surface area contributed by atoms with Crippen molar-refractivity contribution in [3.63, 3.8) is 0 Å². The molecular formula is C14H16BrNO5. The molecule has 0 radical (unpaired) electrons. The number of halogens is 1. The standard InChI is InChI=1S/C14H16BrNO5/c1-14(2,3)13(17)21-12-10(15)7-9(5-6-16(18)19)8-11(12)20-4/h5-8H,1-4H3/b6-5+. The quantitative estimate of drug-likeness (QED) is 0.355. The number of esters is 1. The van der Waals surface area contributed by atoms with Crippen LogP contribution in [-0.4, -0.2) is 18.0 Å². The van der Waals surface area contributed by atoms with E-state index in [9.17, 15) is 14.9 Å². The van der Waals surface area contributed by atoms with Gasteiger partial charge in [-0.05, 0) is 54.4 Å². The molecule has 0 aromatic heterocycles. The van der Waals surface area contributed by atoms with Crippen molar-refractivity contribution >= 4 is 28.0 Å². The Morgan fingerprint density at radius 3 is 2.48 bits per heavy atom. The number of carbonyl (C=O) groups excluding carboxylic acids is 1. The molecule has 6 nitrogen and oxygen atoms in total. The highest BCUT2D eigenvalue weighted by atomic mass is 79.9. The summed E-state index contributed by atoms with van der Waals surface area (Å²) in [5, 5.41) is 10.3. The maximum Gasteiger partial charge on any atom is 0.316 e. The number of hydrogen-bond acceptors (Lipinski definition) is 5. The largest absolute Gasteiger partial charge is 0.493 e. The average Bonchev–Trinajstić information content (AvgIpc) is 2.37. The van der Waals surface area contributed by atoms with Gasteiger partial charge in [-0.3, -0.25) is 14.9 Å². The molecule has 1 aromatic rings. The van der Waals surface area contributed by atoms with Gasteiger partial charge in [-0.1, -0.05) is 0 Å². The maximum atomic E-state index is 12.0. The van der Waals surface area contributed by atoms with Gasteiger partial charge in [0.05, 0.1) is 21.9 Å². The number of hydrogen-bond donors (Lipinski definition) is 0. The van der Waals surface area contributed by atoms with E-state index >= 15 is 0 Å². The molecule has 0 heterocycles. The van der Waals surface area contributed by atoms with Crippen LogP contribution in [0.15, 0.2) is 22.8 Å². The SMILES string of the molecule is COc1cc(/C=C/[N+](=O)[O-])cc(Br)c1OC(=O)C(C)(C)C. The first-order chi connectivity index (χ1) is 9.65. The summed E-state index contributed by atoms with van der Waals surface area (Å²) in [6, 6.07) is 3.16. The van der Waals surface area contributed by atoms with E-state index in [1.165, 1.54) is 13.2 Å². The van der Waals surface area contributed by atoms with Crippen molar-refractivity contribution in [2.24, 2.45) is 5.41 Å². The normalized spacial score (nSPS) is 11.5. The molecule has 1 rings (SSSR count).